The van der Waals surface area contributed by atoms with E-state index in [0.717, 1.165) is 0 Å². The number of ether oxygens (including phenoxy) is 2. The minimum absolute atomic E-state index is 0.00509. The number of hydrogen-bond acceptors (Lipinski definition) is 12. The second-order valence-electron chi connectivity index (χ2n) is 17.6. The molecule has 8 aromatic carbocycles. The molecule has 2 heterocycles. The van der Waals surface area contributed by atoms with E-state index in [9.17, 15) is 51.1 Å². The van der Waals surface area contributed by atoms with E-state index in [0.29, 0.717) is 78.3 Å². The molecule has 0 saturated heterocycles. The lowest BCUT2D eigenvalue weighted by atomic mass is 9.72. The summed E-state index contributed by atoms with van der Waals surface area (Å²) in [7, 11) is 0. The van der Waals surface area contributed by atoms with Crippen LogP contribution in [0.5, 0.6) is 69.0 Å². The Hall–Kier alpha value is -8.90. The number of hydrogen-bond donors (Lipinski definition) is 10. The van der Waals surface area contributed by atoms with E-state index in [1.54, 1.807) is 97.1 Å². The van der Waals surface area contributed by atoms with Crippen LogP contribution in [0.2, 0.25) is 0 Å². The van der Waals surface area contributed by atoms with Gasteiger partial charge in [0.25, 0.3) is 0 Å². The number of phenols is 10. The Kier molecular flexibility index (Phi) is 9.78. The fourth-order valence-corrected chi connectivity index (χ4v) is 10.6. The highest BCUT2D eigenvalue weighted by Gasteiger charge is 2.48. The Morgan fingerprint density at radius 2 is 0.809 bits per heavy atom. The Balaban J connectivity index is 1.10. The third-order valence-corrected chi connectivity index (χ3v) is 13.4. The largest absolute Gasteiger partial charge is 0.508 e. The molecule has 338 valence electrons. The Bertz CT molecular complexity index is 3310. The second kappa shape index (κ2) is 15.9. The number of phenolic OH excluding ortho intramolecular Hbond substituents is 10. The first-order valence-corrected chi connectivity index (χ1v) is 21.8. The number of benzene rings is 8. The molecule has 8 aromatic rings. The summed E-state index contributed by atoms with van der Waals surface area (Å²) < 4.78 is 13.2. The third kappa shape index (κ3) is 7.10. The smallest absolute Gasteiger partial charge is 0.135 e. The Morgan fingerprint density at radius 1 is 0.309 bits per heavy atom. The van der Waals surface area contributed by atoms with Gasteiger partial charge in [-0.3, -0.25) is 0 Å². The molecule has 0 spiro atoms. The zero-order valence-corrected chi connectivity index (χ0v) is 35.8. The van der Waals surface area contributed by atoms with Crippen LogP contribution in [-0.2, 0) is 0 Å². The maximum atomic E-state index is 12.1. The van der Waals surface area contributed by atoms with Crippen LogP contribution < -0.4 is 9.47 Å². The molecule has 0 amide bonds. The molecule has 0 fully saturated rings. The molecule has 2 unspecified atom stereocenters. The summed E-state index contributed by atoms with van der Waals surface area (Å²) in [6.45, 7) is 0. The number of fused-ring (bicyclic) bond motifs is 3. The van der Waals surface area contributed by atoms with Crippen LogP contribution in [0, 0.1) is 0 Å². The molecule has 0 bridgehead atoms. The van der Waals surface area contributed by atoms with Crippen molar-refractivity contribution in [1.29, 1.82) is 0 Å². The van der Waals surface area contributed by atoms with Crippen molar-refractivity contribution in [3.05, 3.63) is 212 Å². The predicted octanol–water partition coefficient (Wildman–Crippen LogP) is 10.7. The molecule has 10 N–H and O–H groups in total. The van der Waals surface area contributed by atoms with Crippen LogP contribution in [0.1, 0.15) is 103 Å². The van der Waals surface area contributed by atoms with Gasteiger partial charge in [0.15, 0.2) is 0 Å². The monoisotopic (exact) mass is 906 g/mol. The van der Waals surface area contributed by atoms with Gasteiger partial charge in [0, 0.05) is 58.4 Å². The first-order valence-electron chi connectivity index (χ1n) is 21.8. The second-order valence-corrected chi connectivity index (χ2v) is 17.6. The van der Waals surface area contributed by atoms with Gasteiger partial charge < -0.3 is 60.5 Å². The first kappa shape index (κ1) is 41.8. The Labute approximate surface area is 388 Å². The van der Waals surface area contributed by atoms with Gasteiger partial charge >= 0.3 is 0 Å². The van der Waals surface area contributed by atoms with Crippen LogP contribution in [-0.4, -0.2) is 51.1 Å². The zero-order chi connectivity index (χ0) is 47.1. The van der Waals surface area contributed by atoms with E-state index in [2.05, 4.69) is 0 Å². The molecule has 0 radical (unpaired) electrons. The SMILES string of the molecule is Oc1ccc(C2Oc3cc(O)cc(/C=C\c4ccc(O)c([C@H]5c6cc(O)cc7c6[C@H](c6cc(O)cc(O)c6[C@@H]5c5ccc(O)cc5)[C@@H](c5ccc(O)cc5)O7)c4)c3C2c2cc(O)cc(O)c2)cc1. The van der Waals surface area contributed by atoms with Crippen molar-refractivity contribution in [3.8, 4) is 69.0 Å². The fourth-order valence-electron chi connectivity index (χ4n) is 10.6. The van der Waals surface area contributed by atoms with E-state index >= 15 is 0 Å². The molecular formula is C56H42O12. The van der Waals surface area contributed by atoms with Crippen molar-refractivity contribution in [2.75, 3.05) is 0 Å². The van der Waals surface area contributed by atoms with Gasteiger partial charge in [-0.1, -0.05) is 54.6 Å². The van der Waals surface area contributed by atoms with E-state index < -0.39 is 35.9 Å². The number of rotatable bonds is 7. The maximum absolute atomic E-state index is 12.1. The minimum atomic E-state index is -0.859. The third-order valence-electron chi connectivity index (χ3n) is 13.4. The topological polar surface area (TPSA) is 221 Å². The van der Waals surface area contributed by atoms with Crippen LogP contribution in [0.3, 0.4) is 0 Å². The van der Waals surface area contributed by atoms with E-state index in [1.165, 1.54) is 60.7 Å². The van der Waals surface area contributed by atoms with Gasteiger partial charge in [0.1, 0.15) is 81.2 Å². The molecule has 1 aliphatic carbocycles. The summed E-state index contributed by atoms with van der Waals surface area (Å²) in [5.41, 5.74) is 6.91. The molecule has 6 atom stereocenters. The van der Waals surface area contributed by atoms with Crippen molar-refractivity contribution in [2.45, 2.75) is 35.9 Å². The molecule has 11 rings (SSSR count). The van der Waals surface area contributed by atoms with Gasteiger partial charge in [0.2, 0.25) is 0 Å². The average molecular weight is 907 g/mol. The van der Waals surface area contributed by atoms with E-state index in [1.807, 2.05) is 0 Å². The van der Waals surface area contributed by atoms with Crippen molar-refractivity contribution >= 4 is 12.2 Å². The summed E-state index contributed by atoms with van der Waals surface area (Å²) >= 11 is 0. The average Bonchev–Trinajstić information content (AvgIpc) is 3.84. The lowest BCUT2D eigenvalue weighted by Gasteiger charge is -2.31. The van der Waals surface area contributed by atoms with Crippen LogP contribution in [0.4, 0.5) is 0 Å². The molecule has 68 heavy (non-hydrogen) atoms. The summed E-state index contributed by atoms with van der Waals surface area (Å²) in [6.07, 6.45) is 2.15. The van der Waals surface area contributed by atoms with Crippen molar-refractivity contribution in [2.24, 2.45) is 0 Å². The minimum Gasteiger partial charge on any atom is -0.508 e. The Morgan fingerprint density at radius 3 is 1.41 bits per heavy atom. The van der Waals surface area contributed by atoms with Crippen molar-refractivity contribution in [1.82, 2.24) is 0 Å². The lowest BCUT2D eigenvalue weighted by Crippen LogP contribution is -2.16. The predicted molar refractivity (Wildman–Crippen MR) is 251 cm³/mol. The molecule has 12 heteroatoms. The highest BCUT2D eigenvalue weighted by molar-refractivity contribution is 5.77. The highest BCUT2D eigenvalue weighted by Crippen LogP contribution is 2.63. The van der Waals surface area contributed by atoms with Crippen LogP contribution >= 0.6 is 0 Å². The van der Waals surface area contributed by atoms with Gasteiger partial charge in [0.05, 0.1) is 11.8 Å². The molecule has 0 aromatic heterocycles. The van der Waals surface area contributed by atoms with Gasteiger partial charge in [-0.25, -0.2) is 0 Å². The lowest BCUT2D eigenvalue weighted by molar-refractivity contribution is 0.221. The molecule has 0 saturated carbocycles. The summed E-state index contributed by atoms with van der Waals surface area (Å²) in [4.78, 5) is 0. The van der Waals surface area contributed by atoms with Crippen LogP contribution in [0.25, 0.3) is 12.2 Å². The van der Waals surface area contributed by atoms with Crippen molar-refractivity contribution in [3.63, 3.8) is 0 Å². The molecule has 3 aliphatic rings. The van der Waals surface area contributed by atoms with E-state index in [-0.39, 0.29) is 57.5 Å². The molecule has 2 aliphatic heterocycles. The highest BCUT2D eigenvalue weighted by atomic mass is 16.5. The van der Waals surface area contributed by atoms with Gasteiger partial charge in [-0.15, -0.1) is 0 Å². The summed E-state index contributed by atoms with van der Waals surface area (Å²) in [5, 5.41) is 110. The van der Waals surface area contributed by atoms with E-state index in [4.69, 9.17) is 9.47 Å². The zero-order valence-electron chi connectivity index (χ0n) is 35.8. The molecule has 12 nitrogen and oxygen atoms in total. The normalized spacial score (nSPS) is 19.9. The van der Waals surface area contributed by atoms with Crippen LogP contribution in [0.15, 0.2) is 146 Å². The quantitative estimate of drug-likeness (QED) is 0.0675. The standard InChI is InChI=1S/C56H42O12/c57-33-10-4-28(5-11-33)49-51(42-23-40(64)26-47-53(42)54(43-22-39(63)24-45(66)52(43)49)56(68-47)30-8-14-35(59)15-9-30)41-17-27(2-16-44(41)65)1-3-31-18-38(62)25-46-48(31)50(32-19-36(60)21-37(61)20-32)55(67-46)29-6-12-34(58)13-7-29/h1-26,49-51,54-66H/b3-1-/t49-,50?,51+,54+,55?,56-/m1/s1. The van der Waals surface area contributed by atoms with Gasteiger partial charge in [-0.2, -0.15) is 0 Å². The first-order chi connectivity index (χ1) is 32.8. The molecular weight excluding hydrogens is 865 g/mol. The summed E-state index contributed by atoms with van der Waals surface area (Å²) in [6, 6.07) is 38.0. The van der Waals surface area contributed by atoms with Crippen molar-refractivity contribution < 1.29 is 60.5 Å². The fraction of sp³-hybridized carbons (Fsp3) is 0.107. The number of aromatic hydroxyl groups is 10. The van der Waals surface area contributed by atoms with Gasteiger partial charge in [-0.05, 0) is 123 Å². The summed E-state index contributed by atoms with van der Waals surface area (Å²) in [5.74, 6) is -3.17. The maximum Gasteiger partial charge on any atom is 0.135 e.